The van der Waals surface area contributed by atoms with Crippen LogP contribution in [0.2, 0.25) is 0 Å². The van der Waals surface area contributed by atoms with Crippen molar-refractivity contribution in [2.24, 2.45) is 0 Å². The van der Waals surface area contributed by atoms with Gasteiger partial charge in [-0.25, -0.2) is 46.4 Å². The average Bonchev–Trinajstić information content (AvgIpc) is 3.57. The summed E-state index contributed by atoms with van der Waals surface area (Å²) in [5.74, 6) is 0. The summed E-state index contributed by atoms with van der Waals surface area (Å²) in [4.78, 5) is 0. The Kier molecular flexibility index (Phi) is 13.8. The van der Waals surface area contributed by atoms with Gasteiger partial charge in [-0.2, -0.15) is 8.80 Å². The van der Waals surface area contributed by atoms with Crippen molar-refractivity contribution in [3.05, 3.63) is 121 Å². The van der Waals surface area contributed by atoms with E-state index in [1.54, 1.807) is 0 Å². The van der Waals surface area contributed by atoms with Crippen LogP contribution in [0.5, 0.6) is 0 Å². The third-order valence-electron chi connectivity index (χ3n) is 7.81. The van der Waals surface area contributed by atoms with E-state index in [4.69, 9.17) is 37.3 Å². The molecule has 16 heteroatoms. The third kappa shape index (κ3) is 10.7. The van der Waals surface area contributed by atoms with Crippen LogP contribution < -0.4 is 46.4 Å². The van der Waals surface area contributed by atoms with Crippen LogP contribution in [0.4, 0.5) is 0 Å². The summed E-state index contributed by atoms with van der Waals surface area (Å²) in [5, 5.41) is 20.6. The molecule has 0 aliphatic carbocycles. The molecule has 0 amide bonds. The summed E-state index contributed by atoms with van der Waals surface area (Å²) >= 11 is 0. The Morgan fingerprint density at radius 1 is 0.460 bits per heavy atom. The average molecular weight is 732 g/mol. The lowest BCUT2D eigenvalue weighted by atomic mass is 10.1. The maximum absolute atomic E-state index is 10.3. The molecule has 4 heterocycles. The fraction of sp³-hybridized carbons (Fsp3) is 0.235. The number of hydrogen-bond acceptors (Lipinski definition) is 10. The molecule has 0 unspecified atom stereocenters. The number of fused-ring (bicyclic) bond motifs is 2. The van der Waals surface area contributed by atoms with E-state index in [1.165, 1.54) is 0 Å². The standard InChI is InChI=1S/C34H36N4O2.2ClHO4/c39-25-29-33(27-15-5-3-6-16-27)37(31-19-9-13-21-35(29)31)23-11-1-2-12-24-38-32-20-10-14-22-36(32)30(26-40)34(38)28-17-7-4-8-18-28;2*2-1(3,4)5/h3-10,13-22,39-40H,1-2,11-12,23-26H2;2*(H,2,3,4,5)/q+2;;/p-2. The number of imidazole rings is 2. The number of hydrogen-bond donors (Lipinski definition) is 2. The minimum Gasteiger partial charge on any atom is -0.388 e. The largest absolute Gasteiger partial charge is 0.388 e. The second-order valence-corrected chi connectivity index (χ2v) is 12.5. The SMILES string of the molecule is OCc1c(-c2ccccc2)[n+](CCCCCC[n+]2c(-c3ccccc3)c(CO)n3ccccc32)c2ccccn12.[O-][Cl+3]([O-])([O-])[O-].[O-][Cl+3]([O-])([O-])[O-]. The minimum atomic E-state index is -4.94. The van der Waals surface area contributed by atoms with Crippen molar-refractivity contribution in [3.63, 3.8) is 0 Å². The molecule has 6 rings (SSSR count). The number of aliphatic hydroxyl groups excluding tert-OH is 2. The summed E-state index contributed by atoms with van der Waals surface area (Å²) < 4.78 is 76.9. The lowest BCUT2D eigenvalue weighted by molar-refractivity contribution is -2.00. The van der Waals surface area contributed by atoms with Gasteiger partial charge < -0.3 is 10.2 Å². The zero-order valence-corrected chi connectivity index (χ0v) is 28.3. The van der Waals surface area contributed by atoms with Crippen LogP contribution in [0.15, 0.2) is 109 Å². The molecule has 0 aliphatic heterocycles. The lowest BCUT2D eigenvalue weighted by Crippen LogP contribution is -2.68. The van der Waals surface area contributed by atoms with Crippen molar-refractivity contribution in [1.82, 2.24) is 8.80 Å². The highest BCUT2D eigenvalue weighted by Crippen LogP contribution is 2.25. The first-order valence-electron chi connectivity index (χ1n) is 15.4. The number of benzene rings is 2. The van der Waals surface area contributed by atoms with E-state index in [1.807, 2.05) is 36.7 Å². The second kappa shape index (κ2) is 17.8. The van der Waals surface area contributed by atoms with E-state index >= 15 is 0 Å². The molecule has 0 fully saturated rings. The van der Waals surface area contributed by atoms with Crippen molar-refractivity contribution >= 4 is 11.3 Å². The molecule has 0 spiro atoms. The Morgan fingerprint density at radius 2 is 0.780 bits per heavy atom. The predicted molar refractivity (Wildman–Crippen MR) is 156 cm³/mol. The molecule has 2 aromatic carbocycles. The van der Waals surface area contributed by atoms with E-state index in [0.29, 0.717) is 0 Å². The Morgan fingerprint density at radius 3 is 1.10 bits per heavy atom. The van der Waals surface area contributed by atoms with Crippen LogP contribution in [0, 0.1) is 20.5 Å². The molecule has 0 bridgehead atoms. The lowest BCUT2D eigenvalue weighted by Gasteiger charge is -2.17. The van der Waals surface area contributed by atoms with Crippen molar-refractivity contribution in [2.45, 2.75) is 52.0 Å². The van der Waals surface area contributed by atoms with Gasteiger partial charge in [-0.15, -0.1) is 20.5 Å². The van der Waals surface area contributed by atoms with Crippen LogP contribution in [0.3, 0.4) is 0 Å². The number of aryl methyl sites for hydroxylation is 2. The molecular weight excluding hydrogens is 695 g/mol. The number of rotatable bonds is 11. The van der Waals surface area contributed by atoms with Crippen LogP contribution in [-0.4, -0.2) is 19.0 Å². The summed E-state index contributed by atoms with van der Waals surface area (Å²) in [5.41, 5.74) is 8.48. The van der Waals surface area contributed by atoms with Crippen molar-refractivity contribution in [3.8, 4) is 22.5 Å². The second-order valence-electron chi connectivity index (χ2n) is 11.0. The molecule has 6 aromatic rings. The summed E-state index contributed by atoms with van der Waals surface area (Å²) in [6.45, 7) is 1.77. The minimum absolute atomic E-state index is 0.00911. The summed E-state index contributed by atoms with van der Waals surface area (Å²) in [6.07, 6.45) is 8.40. The zero-order chi connectivity index (χ0) is 36.3. The van der Waals surface area contributed by atoms with Crippen molar-refractivity contribution in [2.75, 3.05) is 0 Å². The topological polar surface area (TPSA) is 242 Å². The van der Waals surface area contributed by atoms with Gasteiger partial charge in [0.05, 0.1) is 25.5 Å². The van der Waals surface area contributed by atoms with Gasteiger partial charge in [0.25, 0.3) is 11.3 Å². The molecular formula is C34H36Cl2N4O10. The third-order valence-corrected chi connectivity index (χ3v) is 7.81. The monoisotopic (exact) mass is 730 g/mol. The van der Waals surface area contributed by atoms with E-state index in [2.05, 4.69) is 90.7 Å². The van der Waals surface area contributed by atoms with Gasteiger partial charge in [0, 0.05) is 23.3 Å². The zero-order valence-electron chi connectivity index (χ0n) is 26.8. The van der Waals surface area contributed by atoms with Crippen LogP contribution in [0.25, 0.3) is 33.8 Å². The highest BCUT2D eigenvalue weighted by atomic mass is 35.7. The number of aliphatic hydroxyl groups is 2. The number of unbranched alkanes of at least 4 members (excludes halogenated alkanes) is 3. The first-order valence-corrected chi connectivity index (χ1v) is 17.9. The fourth-order valence-corrected chi connectivity index (χ4v) is 6.02. The van der Waals surface area contributed by atoms with E-state index in [0.717, 1.165) is 84.0 Å². The number of nitrogens with zero attached hydrogens (tertiary/aromatic N) is 4. The van der Waals surface area contributed by atoms with Crippen molar-refractivity contribution < 1.29 is 77.1 Å². The Hall–Kier alpha value is -4.00. The van der Waals surface area contributed by atoms with Gasteiger partial charge in [-0.05, 0) is 37.8 Å². The molecule has 0 aliphatic rings. The highest BCUT2D eigenvalue weighted by Gasteiger charge is 2.27. The van der Waals surface area contributed by atoms with Gasteiger partial charge in [0.1, 0.15) is 13.2 Å². The predicted octanol–water partition coefficient (Wildman–Crippen LogP) is -4.17. The van der Waals surface area contributed by atoms with Gasteiger partial charge in [-0.3, -0.25) is 0 Å². The molecule has 14 nitrogen and oxygen atoms in total. The Balaban J connectivity index is 0.000000496. The summed E-state index contributed by atoms with van der Waals surface area (Å²) in [6, 6.07) is 33.2. The quantitative estimate of drug-likeness (QED) is 0.0963. The van der Waals surface area contributed by atoms with Crippen molar-refractivity contribution in [1.29, 1.82) is 0 Å². The number of pyridine rings is 2. The van der Waals surface area contributed by atoms with E-state index in [-0.39, 0.29) is 13.2 Å². The number of halogens is 2. The molecule has 4 aromatic heterocycles. The Bertz CT molecular complexity index is 1790. The normalized spacial score (nSPS) is 11.6. The Labute approximate surface area is 291 Å². The van der Waals surface area contributed by atoms with Crippen LogP contribution in [0.1, 0.15) is 37.1 Å². The molecule has 0 radical (unpaired) electrons. The molecule has 50 heavy (non-hydrogen) atoms. The maximum atomic E-state index is 10.3. The smallest absolute Gasteiger partial charge is 0.286 e. The molecule has 266 valence electrons. The van der Waals surface area contributed by atoms with E-state index in [9.17, 15) is 10.2 Å². The molecule has 0 saturated carbocycles. The maximum Gasteiger partial charge on any atom is 0.286 e. The number of aromatic nitrogens is 4. The van der Waals surface area contributed by atoms with E-state index < -0.39 is 20.5 Å². The van der Waals surface area contributed by atoms with Gasteiger partial charge in [0.2, 0.25) is 0 Å². The van der Waals surface area contributed by atoms with Gasteiger partial charge >= 0.3 is 0 Å². The highest BCUT2D eigenvalue weighted by molar-refractivity contribution is 5.62. The molecule has 2 N–H and O–H groups in total. The van der Waals surface area contributed by atoms with Crippen LogP contribution >= 0.6 is 0 Å². The fourth-order valence-electron chi connectivity index (χ4n) is 6.02. The first-order chi connectivity index (χ1) is 23.8. The van der Waals surface area contributed by atoms with Gasteiger partial charge in [-0.1, -0.05) is 72.8 Å². The van der Waals surface area contributed by atoms with Gasteiger partial charge in [0.15, 0.2) is 22.8 Å². The summed E-state index contributed by atoms with van der Waals surface area (Å²) in [7, 11) is -9.89. The van der Waals surface area contributed by atoms with Crippen LogP contribution in [-0.2, 0) is 26.3 Å². The molecule has 0 saturated heterocycles. The molecule has 0 atom stereocenters. The first kappa shape index (κ1) is 38.8.